The van der Waals surface area contributed by atoms with E-state index < -0.39 is 0 Å². The van der Waals surface area contributed by atoms with Gasteiger partial charge in [0.2, 0.25) is 0 Å². The Morgan fingerprint density at radius 3 is 2.85 bits per heavy atom. The van der Waals surface area contributed by atoms with Crippen LogP contribution in [0.3, 0.4) is 0 Å². The van der Waals surface area contributed by atoms with Gasteiger partial charge in [0.1, 0.15) is 5.82 Å². The number of halogens is 1. The second-order valence-electron chi connectivity index (χ2n) is 7.29. The number of hydrogen-bond donors (Lipinski definition) is 2. The molecule has 4 rings (SSSR count). The van der Waals surface area contributed by atoms with Gasteiger partial charge in [0.05, 0.1) is 31.0 Å². The number of rotatable bonds is 4. The Hall–Kier alpha value is -1.47. The summed E-state index contributed by atoms with van der Waals surface area (Å²) in [6.07, 6.45) is 4.16. The number of aliphatic hydroxyl groups is 1. The smallest absolute Gasteiger partial charge is 0.151 e. The molecule has 0 amide bonds. The number of ether oxygens (including phenoxy) is 1. The summed E-state index contributed by atoms with van der Waals surface area (Å²) in [4.78, 5) is 0. The molecule has 2 aliphatic rings. The van der Waals surface area contributed by atoms with Gasteiger partial charge in [-0.1, -0.05) is 11.6 Å². The first-order valence-electron chi connectivity index (χ1n) is 9.35. The lowest BCUT2D eigenvalue weighted by Crippen LogP contribution is -2.27. The van der Waals surface area contributed by atoms with Crippen molar-refractivity contribution in [2.45, 2.75) is 63.8 Å². The van der Waals surface area contributed by atoms with E-state index in [1.165, 1.54) is 5.56 Å². The minimum absolute atomic E-state index is 0.0734. The molecule has 1 aromatic heterocycles. The first-order valence-corrected chi connectivity index (χ1v) is 9.73. The highest BCUT2D eigenvalue weighted by molar-refractivity contribution is 6.30. The van der Waals surface area contributed by atoms with E-state index in [4.69, 9.17) is 16.3 Å². The van der Waals surface area contributed by atoms with Crippen molar-refractivity contribution in [1.29, 1.82) is 0 Å². The van der Waals surface area contributed by atoms with Crippen LogP contribution in [-0.4, -0.2) is 38.7 Å². The molecule has 6 nitrogen and oxygen atoms in total. The van der Waals surface area contributed by atoms with Crippen LogP contribution in [0.1, 0.15) is 55.7 Å². The highest BCUT2D eigenvalue weighted by atomic mass is 35.5. The Balaban J connectivity index is 1.57. The van der Waals surface area contributed by atoms with Crippen molar-refractivity contribution in [3.8, 4) is 5.69 Å². The van der Waals surface area contributed by atoms with Crippen LogP contribution in [0, 0.1) is 0 Å². The van der Waals surface area contributed by atoms with Gasteiger partial charge in [-0.15, -0.1) is 10.2 Å². The summed E-state index contributed by atoms with van der Waals surface area (Å²) >= 11 is 6.19. The largest absolute Gasteiger partial charge is 0.394 e. The van der Waals surface area contributed by atoms with Gasteiger partial charge < -0.3 is 15.2 Å². The standard InChI is InChI=1S/C19H25ClN4O2/c1-12(11-25)26-16-5-2-13(3-6-16)19-23-22-18-10-21-9-14-8-15(20)4-7-17(14)24(18)19/h4,7-8,12-13,16,21,25H,2-3,5-6,9-11H2,1H3/t12?,13-,16-. The number of aromatic nitrogens is 3. The van der Waals surface area contributed by atoms with Gasteiger partial charge in [0, 0.05) is 17.5 Å². The minimum Gasteiger partial charge on any atom is -0.394 e. The van der Waals surface area contributed by atoms with E-state index >= 15 is 0 Å². The molecule has 1 aliphatic carbocycles. The molecule has 26 heavy (non-hydrogen) atoms. The van der Waals surface area contributed by atoms with Crippen LogP contribution in [0.15, 0.2) is 18.2 Å². The van der Waals surface area contributed by atoms with Crippen LogP contribution in [0.25, 0.3) is 5.69 Å². The van der Waals surface area contributed by atoms with E-state index in [1.807, 2.05) is 19.1 Å². The number of nitrogens with one attached hydrogen (secondary N) is 1. The zero-order valence-corrected chi connectivity index (χ0v) is 15.7. The lowest BCUT2D eigenvalue weighted by molar-refractivity contribution is -0.0460. The van der Waals surface area contributed by atoms with E-state index in [0.717, 1.165) is 54.6 Å². The Morgan fingerprint density at radius 1 is 1.27 bits per heavy atom. The van der Waals surface area contributed by atoms with E-state index in [2.05, 4.69) is 26.1 Å². The lowest BCUT2D eigenvalue weighted by atomic mass is 9.86. The minimum atomic E-state index is -0.0939. The third-order valence-corrected chi connectivity index (χ3v) is 5.59. The van der Waals surface area contributed by atoms with Crippen LogP contribution in [0.4, 0.5) is 0 Å². The average molecular weight is 377 g/mol. The second-order valence-corrected chi connectivity index (χ2v) is 7.73. The molecule has 0 radical (unpaired) electrons. The summed E-state index contributed by atoms with van der Waals surface area (Å²) in [6.45, 7) is 3.47. The maximum Gasteiger partial charge on any atom is 0.151 e. The number of nitrogens with zero attached hydrogens (tertiary/aromatic N) is 3. The molecule has 1 atom stereocenters. The maximum atomic E-state index is 9.18. The van der Waals surface area contributed by atoms with E-state index in [9.17, 15) is 5.11 Å². The zero-order chi connectivity index (χ0) is 18.1. The van der Waals surface area contributed by atoms with Gasteiger partial charge in [0.15, 0.2) is 5.82 Å². The summed E-state index contributed by atoms with van der Waals surface area (Å²) in [6, 6.07) is 6.02. The van der Waals surface area contributed by atoms with Gasteiger partial charge in [-0.2, -0.15) is 0 Å². The molecule has 1 saturated carbocycles. The van der Waals surface area contributed by atoms with E-state index in [-0.39, 0.29) is 18.8 Å². The summed E-state index contributed by atoms with van der Waals surface area (Å²) < 4.78 is 8.11. The van der Waals surface area contributed by atoms with Crippen molar-refractivity contribution in [1.82, 2.24) is 20.1 Å². The maximum absolute atomic E-state index is 9.18. The Kier molecular flexibility index (Phi) is 5.27. The molecule has 140 valence electrons. The fraction of sp³-hybridized carbons (Fsp3) is 0.579. The van der Waals surface area contributed by atoms with Crippen molar-refractivity contribution < 1.29 is 9.84 Å². The first-order chi connectivity index (χ1) is 12.7. The van der Waals surface area contributed by atoms with Crippen LogP contribution in [-0.2, 0) is 17.8 Å². The van der Waals surface area contributed by atoms with Crippen molar-refractivity contribution in [2.75, 3.05) is 6.61 Å². The average Bonchev–Trinajstić information content (AvgIpc) is 2.98. The Bertz CT molecular complexity index is 771. The summed E-state index contributed by atoms with van der Waals surface area (Å²) in [5.41, 5.74) is 2.30. The van der Waals surface area contributed by atoms with Gasteiger partial charge >= 0.3 is 0 Å². The third kappa shape index (κ3) is 3.51. The second kappa shape index (κ2) is 7.64. The van der Waals surface area contributed by atoms with E-state index in [0.29, 0.717) is 12.5 Å². The van der Waals surface area contributed by atoms with Gasteiger partial charge in [0.25, 0.3) is 0 Å². The topological polar surface area (TPSA) is 72.2 Å². The zero-order valence-electron chi connectivity index (χ0n) is 15.0. The number of aliphatic hydroxyl groups excluding tert-OH is 1. The molecule has 1 fully saturated rings. The van der Waals surface area contributed by atoms with Crippen molar-refractivity contribution in [3.63, 3.8) is 0 Å². The van der Waals surface area contributed by atoms with Crippen LogP contribution < -0.4 is 5.32 Å². The van der Waals surface area contributed by atoms with Gasteiger partial charge in [-0.05, 0) is 56.4 Å². The third-order valence-electron chi connectivity index (χ3n) is 5.36. The SMILES string of the molecule is CC(CO)O[C@H]1CC[C@H](c2nnc3n2-c2ccc(Cl)cc2CNC3)CC1. The fourth-order valence-corrected chi connectivity index (χ4v) is 4.22. The molecule has 1 aromatic carbocycles. The van der Waals surface area contributed by atoms with Crippen molar-refractivity contribution in [2.24, 2.45) is 0 Å². The van der Waals surface area contributed by atoms with Crippen molar-refractivity contribution in [3.05, 3.63) is 40.4 Å². The number of benzene rings is 1. The summed E-state index contributed by atoms with van der Waals surface area (Å²) in [5, 5.41) is 22.3. The number of hydrogen-bond acceptors (Lipinski definition) is 5. The molecule has 1 unspecified atom stereocenters. The Morgan fingerprint density at radius 2 is 2.08 bits per heavy atom. The normalized spacial score (nSPS) is 23.8. The molecule has 2 aromatic rings. The number of fused-ring (bicyclic) bond motifs is 3. The molecule has 1 aliphatic heterocycles. The highest BCUT2D eigenvalue weighted by Gasteiger charge is 2.30. The summed E-state index contributed by atoms with van der Waals surface area (Å²) in [7, 11) is 0. The molecule has 0 bridgehead atoms. The molecule has 0 saturated heterocycles. The molecule has 7 heteroatoms. The van der Waals surface area contributed by atoms with Crippen LogP contribution in [0.5, 0.6) is 0 Å². The van der Waals surface area contributed by atoms with Crippen molar-refractivity contribution >= 4 is 11.6 Å². The first kappa shape index (κ1) is 17.9. The Labute approximate surface area is 158 Å². The predicted molar refractivity (Wildman–Crippen MR) is 99.5 cm³/mol. The monoisotopic (exact) mass is 376 g/mol. The van der Waals surface area contributed by atoms with Crippen LogP contribution >= 0.6 is 11.6 Å². The molecule has 0 spiro atoms. The quantitative estimate of drug-likeness (QED) is 0.858. The molecule has 2 heterocycles. The fourth-order valence-electron chi connectivity index (χ4n) is 4.02. The van der Waals surface area contributed by atoms with Gasteiger partial charge in [-0.25, -0.2) is 0 Å². The molecule has 2 N–H and O–H groups in total. The lowest BCUT2D eigenvalue weighted by Gasteiger charge is -2.30. The molecular formula is C19H25ClN4O2. The van der Waals surface area contributed by atoms with Gasteiger partial charge in [-0.3, -0.25) is 4.57 Å². The molecular weight excluding hydrogens is 352 g/mol. The summed E-state index contributed by atoms with van der Waals surface area (Å²) in [5.74, 6) is 2.37. The predicted octanol–water partition coefficient (Wildman–Crippen LogP) is 2.95. The highest BCUT2D eigenvalue weighted by Crippen LogP contribution is 2.36. The van der Waals surface area contributed by atoms with E-state index in [1.54, 1.807) is 0 Å². The van der Waals surface area contributed by atoms with Crippen LogP contribution in [0.2, 0.25) is 5.02 Å².